The molecule has 1 saturated heterocycles. The fourth-order valence-electron chi connectivity index (χ4n) is 2.52. The van der Waals surface area contributed by atoms with Gasteiger partial charge < -0.3 is 10.5 Å². The number of nitrogens with two attached hydrogens (primary N) is 1. The second kappa shape index (κ2) is 6.53. The summed E-state index contributed by atoms with van der Waals surface area (Å²) >= 11 is 6.06. The molecule has 2 N–H and O–H groups in total. The van der Waals surface area contributed by atoms with E-state index >= 15 is 0 Å². The maximum Gasteiger partial charge on any atom is 0.0674 e. The minimum Gasteiger partial charge on any atom is -0.377 e. The van der Waals surface area contributed by atoms with Gasteiger partial charge in [0.2, 0.25) is 0 Å². The third kappa shape index (κ3) is 3.45. The van der Waals surface area contributed by atoms with Crippen LogP contribution in [0.4, 0.5) is 0 Å². The van der Waals surface area contributed by atoms with Crippen LogP contribution in [0.15, 0.2) is 24.3 Å². The molecule has 18 heavy (non-hydrogen) atoms. The summed E-state index contributed by atoms with van der Waals surface area (Å²) in [5.41, 5.74) is 7.15. The molecule has 4 heteroatoms. The van der Waals surface area contributed by atoms with Gasteiger partial charge in [-0.15, -0.1) is 0 Å². The van der Waals surface area contributed by atoms with Crippen molar-refractivity contribution in [3.8, 4) is 0 Å². The first kappa shape index (κ1) is 13.8. The van der Waals surface area contributed by atoms with Gasteiger partial charge >= 0.3 is 0 Å². The number of hydrogen-bond donors (Lipinski definition) is 1. The van der Waals surface area contributed by atoms with Crippen molar-refractivity contribution in [1.82, 2.24) is 4.90 Å². The zero-order valence-corrected chi connectivity index (χ0v) is 11.6. The first-order chi connectivity index (χ1) is 8.70. The molecule has 0 amide bonds. The molecule has 0 aliphatic carbocycles. The second-order valence-corrected chi connectivity index (χ2v) is 5.27. The Morgan fingerprint density at radius 2 is 2.39 bits per heavy atom. The fraction of sp³-hybridized carbons (Fsp3) is 0.571. The predicted octanol–water partition coefficient (Wildman–Crippen LogP) is 2.45. The number of rotatable bonds is 3. The molecule has 1 fully saturated rings. The van der Waals surface area contributed by atoms with Gasteiger partial charge in [0.05, 0.1) is 6.10 Å². The summed E-state index contributed by atoms with van der Waals surface area (Å²) in [5.74, 6) is 0. The molecule has 100 valence electrons. The standard InChI is InChI=1S/C14H21ClN2O/c1-11-10-17(6-3-7-18-11)14(9-16)12-4-2-5-13(15)8-12/h2,4-5,8,11,14H,3,6-7,9-10,16H2,1H3. The zero-order chi connectivity index (χ0) is 13.0. The van der Waals surface area contributed by atoms with Gasteiger partial charge in [0.15, 0.2) is 0 Å². The lowest BCUT2D eigenvalue weighted by atomic mass is 10.0. The van der Waals surface area contributed by atoms with Crippen molar-refractivity contribution < 1.29 is 4.74 Å². The molecule has 0 bridgehead atoms. The van der Waals surface area contributed by atoms with Crippen molar-refractivity contribution in [2.45, 2.75) is 25.5 Å². The zero-order valence-electron chi connectivity index (χ0n) is 10.8. The summed E-state index contributed by atoms with van der Waals surface area (Å²) in [5, 5.41) is 0.769. The van der Waals surface area contributed by atoms with Crippen LogP contribution in [0.1, 0.15) is 24.9 Å². The molecule has 3 nitrogen and oxygen atoms in total. The molecule has 2 atom stereocenters. The molecule has 1 aromatic rings. The normalized spacial score (nSPS) is 23.6. The van der Waals surface area contributed by atoms with Crippen LogP contribution in [-0.2, 0) is 4.74 Å². The Labute approximate surface area is 114 Å². The van der Waals surface area contributed by atoms with E-state index in [1.807, 2.05) is 18.2 Å². The molecule has 0 aromatic heterocycles. The van der Waals surface area contributed by atoms with Gasteiger partial charge in [-0.1, -0.05) is 23.7 Å². The van der Waals surface area contributed by atoms with E-state index in [2.05, 4.69) is 17.9 Å². The summed E-state index contributed by atoms with van der Waals surface area (Å²) in [6.45, 7) is 5.51. The van der Waals surface area contributed by atoms with E-state index in [1.165, 1.54) is 5.56 Å². The van der Waals surface area contributed by atoms with Crippen molar-refractivity contribution in [3.63, 3.8) is 0 Å². The van der Waals surface area contributed by atoms with E-state index in [0.29, 0.717) is 6.54 Å². The lowest BCUT2D eigenvalue weighted by Crippen LogP contribution is -2.37. The predicted molar refractivity (Wildman–Crippen MR) is 74.9 cm³/mol. The highest BCUT2D eigenvalue weighted by atomic mass is 35.5. The Morgan fingerprint density at radius 1 is 1.56 bits per heavy atom. The largest absolute Gasteiger partial charge is 0.377 e. The average Bonchev–Trinajstić information content (AvgIpc) is 2.55. The van der Waals surface area contributed by atoms with Crippen LogP contribution in [0.2, 0.25) is 5.02 Å². The van der Waals surface area contributed by atoms with E-state index in [-0.39, 0.29) is 12.1 Å². The maximum atomic E-state index is 6.06. The number of ether oxygens (including phenoxy) is 1. The van der Waals surface area contributed by atoms with Crippen LogP contribution in [0.25, 0.3) is 0 Å². The van der Waals surface area contributed by atoms with Gasteiger partial charge in [-0.25, -0.2) is 0 Å². The van der Waals surface area contributed by atoms with Gasteiger partial charge in [0.25, 0.3) is 0 Å². The molecule has 1 aliphatic heterocycles. The quantitative estimate of drug-likeness (QED) is 0.915. The highest BCUT2D eigenvalue weighted by Crippen LogP contribution is 2.24. The average molecular weight is 269 g/mol. The van der Waals surface area contributed by atoms with Crippen LogP contribution in [0.3, 0.4) is 0 Å². The van der Waals surface area contributed by atoms with Crippen LogP contribution >= 0.6 is 11.6 Å². The summed E-state index contributed by atoms with van der Waals surface area (Å²) < 4.78 is 5.68. The molecule has 0 radical (unpaired) electrons. The smallest absolute Gasteiger partial charge is 0.0674 e. The maximum absolute atomic E-state index is 6.06. The Morgan fingerprint density at radius 3 is 3.11 bits per heavy atom. The second-order valence-electron chi connectivity index (χ2n) is 4.84. The van der Waals surface area contributed by atoms with Gasteiger partial charge in [0, 0.05) is 37.3 Å². The number of nitrogens with zero attached hydrogens (tertiary/aromatic N) is 1. The third-order valence-electron chi connectivity index (χ3n) is 3.38. The van der Waals surface area contributed by atoms with E-state index in [9.17, 15) is 0 Å². The molecule has 1 heterocycles. The van der Waals surface area contributed by atoms with Crippen molar-refractivity contribution >= 4 is 11.6 Å². The first-order valence-electron chi connectivity index (χ1n) is 6.52. The Balaban J connectivity index is 2.16. The highest BCUT2D eigenvalue weighted by molar-refractivity contribution is 6.30. The van der Waals surface area contributed by atoms with E-state index in [4.69, 9.17) is 22.1 Å². The van der Waals surface area contributed by atoms with Crippen molar-refractivity contribution in [2.75, 3.05) is 26.2 Å². The monoisotopic (exact) mass is 268 g/mol. The number of hydrogen-bond acceptors (Lipinski definition) is 3. The minimum atomic E-state index is 0.229. The third-order valence-corrected chi connectivity index (χ3v) is 3.62. The van der Waals surface area contributed by atoms with Crippen LogP contribution in [0, 0.1) is 0 Å². The number of halogens is 1. The lowest BCUT2D eigenvalue weighted by Gasteiger charge is -2.31. The topological polar surface area (TPSA) is 38.5 Å². The Bertz CT molecular complexity index is 386. The Kier molecular flexibility index (Phi) is 5.01. The molecular formula is C14H21ClN2O. The molecular weight excluding hydrogens is 248 g/mol. The van der Waals surface area contributed by atoms with Crippen LogP contribution < -0.4 is 5.73 Å². The van der Waals surface area contributed by atoms with Gasteiger partial charge in [0.1, 0.15) is 0 Å². The van der Waals surface area contributed by atoms with E-state index in [1.54, 1.807) is 0 Å². The van der Waals surface area contributed by atoms with Crippen molar-refractivity contribution in [3.05, 3.63) is 34.9 Å². The summed E-state index contributed by atoms with van der Waals surface area (Å²) in [6.07, 6.45) is 1.32. The molecule has 0 saturated carbocycles. The van der Waals surface area contributed by atoms with Crippen LogP contribution in [-0.4, -0.2) is 37.2 Å². The molecule has 1 aromatic carbocycles. The fourth-order valence-corrected chi connectivity index (χ4v) is 2.72. The lowest BCUT2D eigenvalue weighted by molar-refractivity contribution is 0.0612. The van der Waals surface area contributed by atoms with E-state index in [0.717, 1.165) is 31.1 Å². The molecule has 0 spiro atoms. The summed E-state index contributed by atoms with van der Waals surface area (Å²) in [6, 6.07) is 8.22. The highest BCUT2D eigenvalue weighted by Gasteiger charge is 2.23. The van der Waals surface area contributed by atoms with Gasteiger partial charge in [-0.3, -0.25) is 4.90 Å². The van der Waals surface area contributed by atoms with Crippen molar-refractivity contribution in [2.24, 2.45) is 5.73 Å². The van der Waals surface area contributed by atoms with E-state index < -0.39 is 0 Å². The van der Waals surface area contributed by atoms with Gasteiger partial charge in [-0.2, -0.15) is 0 Å². The van der Waals surface area contributed by atoms with Crippen molar-refractivity contribution in [1.29, 1.82) is 0 Å². The molecule has 2 unspecified atom stereocenters. The SMILES string of the molecule is CC1CN(C(CN)c2cccc(Cl)c2)CCCO1. The molecule has 1 aliphatic rings. The Hall–Kier alpha value is -0.610. The summed E-state index contributed by atoms with van der Waals surface area (Å²) in [7, 11) is 0. The van der Waals surface area contributed by atoms with Crippen LogP contribution in [0.5, 0.6) is 0 Å². The molecule has 2 rings (SSSR count). The van der Waals surface area contributed by atoms with Gasteiger partial charge in [-0.05, 0) is 31.0 Å². The summed E-state index contributed by atoms with van der Waals surface area (Å²) in [4.78, 5) is 2.41. The first-order valence-corrected chi connectivity index (χ1v) is 6.89. The minimum absolute atomic E-state index is 0.229. The number of benzene rings is 1.